The van der Waals surface area contributed by atoms with Gasteiger partial charge in [-0.25, -0.2) is 4.98 Å². The molecule has 0 aliphatic heterocycles. The molecule has 0 radical (unpaired) electrons. The molecule has 0 amide bonds. The van der Waals surface area contributed by atoms with Crippen molar-refractivity contribution in [2.24, 2.45) is 16.2 Å². The minimum absolute atomic E-state index is 0. The van der Waals surface area contributed by atoms with Crippen molar-refractivity contribution in [3.63, 3.8) is 0 Å². The molecule has 0 unspecified atom stereocenters. The van der Waals surface area contributed by atoms with Crippen LogP contribution in [0, 0.1) is 22.3 Å². The zero-order chi connectivity index (χ0) is 42.5. The van der Waals surface area contributed by atoms with Crippen molar-refractivity contribution in [2.45, 2.75) is 104 Å². The van der Waals surface area contributed by atoms with Crippen molar-refractivity contribution in [3.05, 3.63) is 161 Å². The molecule has 0 saturated heterocycles. The van der Waals surface area contributed by atoms with Crippen LogP contribution in [0.3, 0.4) is 0 Å². The van der Waals surface area contributed by atoms with Gasteiger partial charge in [-0.1, -0.05) is 146 Å². The van der Waals surface area contributed by atoms with Crippen LogP contribution in [0.5, 0.6) is 17.4 Å². The second kappa shape index (κ2) is 15.0. The average molecular weight is 997 g/mol. The van der Waals surface area contributed by atoms with Crippen LogP contribution in [0.15, 0.2) is 128 Å². The third-order valence-electron chi connectivity index (χ3n) is 15.2. The van der Waals surface area contributed by atoms with Gasteiger partial charge >= 0.3 is 0 Å². The van der Waals surface area contributed by atoms with Crippen molar-refractivity contribution in [3.8, 4) is 51.0 Å². The summed E-state index contributed by atoms with van der Waals surface area (Å²) in [6, 6.07) is 46.3. The van der Waals surface area contributed by atoms with Crippen LogP contribution in [0.2, 0.25) is 0 Å². The van der Waals surface area contributed by atoms with Gasteiger partial charge in [0.2, 0.25) is 5.88 Å². The number of aromatic nitrogens is 2. The maximum atomic E-state index is 10.9. The van der Waals surface area contributed by atoms with E-state index in [2.05, 4.69) is 140 Å². The van der Waals surface area contributed by atoms with Crippen LogP contribution in [-0.4, -0.2) is 15.1 Å². The fourth-order valence-electron chi connectivity index (χ4n) is 12.6. The fourth-order valence-corrected chi connectivity index (χ4v) is 12.6. The molecule has 3 aliphatic rings. The maximum Gasteiger partial charge on any atom is 0.217 e. The van der Waals surface area contributed by atoms with Crippen LogP contribution < -0.4 is 4.74 Å². The SMILES string of the molecule is CC1(C)CC(c2cc(Oc3cccc(-c4cc(-c5ccc6cc7c(cc6c5)CC5(C7)C(C)(C)c6ccccc6C5(C)C)ccn4)n3)[c-]c(-c3ccccc3O)c2)CC(C)(C)C1.[Pt]. The normalized spacial score (nSPS) is 18.8. The number of rotatable bonds is 6. The number of hydrogen-bond acceptors (Lipinski definition) is 4. The summed E-state index contributed by atoms with van der Waals surface area (Å²) in [5.41, 5.74) is 13.2. The third kappa shape index (κ3) is 7.11. The molecule has 2 aromatic heterocycles. The molecular formula is C57H57N2O2Pt-. The number of fused-ring (bicyclic) bond motifs is 3. The van der Waals surface area contributed by atoms with Crippen LogP contribution in [-0.2, 0) is 44.7 Å². The molecule has 5 heteroatoms. The second-order valence-corrected chi connectivity index (χ2v) is 21.1. The fraction of sp³-hybridized carbons (Fsp3) is 0.333. The first-order valence-electron chi connectivity index (χ1n) is 22.1. The first-order chi connectivity index (χ1) is 29.0. The summed E-state index contributed by atoms with van der Waals surface area (Å²) in [7, 11) is 0. The van der Waals surface area contributed by atoms with Crippen molar-refractivity contribution in [1.82, 2.24) is 9.97 Å². The Morgan fingerprint density at radius 1 is 0.629 bits per heavy atom. The minimum atomic E-state index is 0. The Morgan fingerprint density at radius 3 is 1.97 bits per heavy atom. The largest absolute Gasteiger partial charge is 0.517 e. The van der Waals surface area contributed by atoms with Gasteiger partial charge in [-0.05, 0) is 140 Å². The average Bonchev–Trinajstić information content (AvgIpc) is 3.67. The molecule has 1 spiro atoms. The summed E-state index contributed by atoms with van der Waals surface area (Å²) < 4.78 is 6.58. The number of benzene rings is 5. The topological polar surface area (TPSA) is 55.2 Å². The van der Waals surface area contributed by atoms with Crippen molar-refractivity contribution < 1.29 is 30.9 Å². The van der Waals surface area contributed by atoms with E-state index in [1.165, 1.54) is 45.0 Å². The molecule has 10 rings (SSSR count). The van der Waals surface area contributed by atoms with Gasteiger partial charge in [0.05, 0.1) is 17.1 Å². The quantitative estimate of drug-likeness (QED) is 0.169. The summed E-state index contributed by atoms with van der Waals surface area (Å²) in [6.45, 7) is 19.4. The Labute approximate surface area is 382 Å². The zero-order valence-corrected chi connectivity index (χ0v) is 39.6. The number of para-hydroxylation sites is 1. The van der Waals surface area contributed by atoms with E-state index in [0.717, 1.165) is 59.3 Å². The van der Waals surface area contributed by atoms with E-state index >= 15 is 0 Å². The van der Waals surface area contributed by atoms with Crippen molar-refractivity contribution in [1.29, 1.82) is 0 Å². The molecule has 0 atom stereocenters. The van der Waals surface area contributed by atoms with E-state index in [9.17, 15) is 5.11 Å². The molecule has 1 N–H and O–H groups in total. The van der Waals surface area contributed by atoms with Crippen LogP contribution in [0.4, 0.5) is 0 Å². The predicted octanol–water partition coefficient (Wildman–Crippen LogP) is 14.6. The van der Waals surface area contributed by atoms with Gasteiger partial charge in [-0.2, -0.15) is 0 Å². The number of phenolic OH excluding ortho intramolecular Hbond substituents is 1. The first-order valence-corrected chi connectivity index (χ1v) is 22.1. The van der Waals surface area contributed by atoms with Crippen molar-refractivity contribution >= 4 is 10.8 Å². The summed E-state index contributed by atoms with van der Waals surface area (Å²) in [5.74, 6) is 1.63. The molecular weight excluding hydrogens is 940 g/mol. The number of hydrogen-bond donors (Lipinski definition) is 1. The van der Waals surface area contributed by atoms with Crippen LogP contribution in [0.25, 0.3) is 44.4 Å². The number of nitrogens with zero attached hydrogens (tertiary/aromatic N) is 2. The Bertz CT molecular complexity index is 2820. The summed E-state index contributed by atoms with van der Waals surface area (Å²) in [4.78, 5) is 9.78. The van der Waals surface area contributed by atoms with Gasteiger partial charge in [0, 0.05) is 39.1 Å². The number of aromatic hydroxyl groups is 1. The summed E-state index contributed by atoms with van der Waals surface area (Å²) >= 11 is 0. The molecule has 318 valence electrons. The number of phenols is 1. The second-order valence-electron chi connectivity index (χ2n) is 21.1. The molecule has 1 fully saturated rings. The first kappa shape index (κ1) is 42.3. The molecule has 5 aromatic carbocycles. The number of pyridine rings is 2. The van der Waals surface area contributed by atoms with Crippen LogP contribution in [0.1, 0.15) is 108 Å². The predicted molar refractivity (Wildman–Crippen MR) is 249 cm³/mol. The molecule has 1 saturated carbocycles. The van der Waals surface area contributed by atoms with Gasteiger partial charge < -0.3 is 9.84 Å². The molecule has 4 nitrogen and oxygen atoms in total. The molecule has 2 heterocycles. The van der Waals surface area contributed by atoms with Gasteiger partial charge in [0.1, 0.15) is 0 Å². The zero-order valence-electron chi connectivity index (χ0n) is 37.3. The summed E-state index contributed by atoms with van der Waals surface area (Å²) in [6.07, 6.45) is 7.41. The monoisotopic (exact) mass is 996 g/mol. The maximum absolute atomic E-state index is 10.9. The van der Waals surface area contributed by atoms with E-state index in [1.54, 1.807) is 6.07 Å². The molecule has 62 heavy (non-hydrogen) atoms. The molecule has 3 aliphatic carbocycles. The standard InChI is InChI=1S/C57H57N2O2.Pt/c1-53(2)31-44(32-54(3,4)35-53)40-26-41(46-14-9-12-18-51(46)60)29-45(28-40)61-52-19-13-17-49(59-52)50-30-38(22-23-58-50)36-20-21-37-25-42-33-57(34-43(42)27-39(37)24-36)55(5,6)47-15-10-11-16-48(47)56(57,7)8;/h9-28,30,44,60H,31-35H2,1-8H3;/q-1;. The minimum Gasteiger partial charge on any atom is -0.517 e. The van der Waals surface area contributed by atoms with Crippen LogP contribution >= 0.6 is 0 Å². The Balaban J connectivity index is 0.00000490. The third-order valence-corrected chi connectivity index (χ3v) is 15.2. The molecule has 7 aromatic rings. The van der Waals surface area contributed by atoms with E-state index in [0.29, 0.717) is 17.5 Å². The van der Waals surface area contributed by atoms with E-state index < -0.39 is 0 Å². The smallest absolute Gasteiger partial charge is 0.217 e. The van der Waals surface area contributed by atoms with Gasteiger partial charge in [-0.3, -0.25) is 4.98 Å². The Kier molecular flexibility index (Phi) is 10.3. The van der Waals surface area contributed by atoms with E-state index in [4.69, 9.17) is 14.7 Å². The number of ether oxygens (including phenoxy) is 1. The van der Waals surface area contributed by atoms with Gasteiger partial charge in [0.15, 0.2) is 0 Å². The summed E-state index contributed by atoms with van der Waals surface area (Å²) in [5, 5.41) is 13.4. The Morgan fingerprint density at radius 2 is 1.27 bits per heavy atom. The van der Waals surface area contributed by atoms with E-state index in [1.807, 2.05) is 42.6 Å². The van der Waals surface area contributed by atoms with Crippen molar-refractivity contribution in [2.75, 3.05) is 0 Å². The van der Waals surface area contributed by atoms with E-state index in [-0.39, 0.29) is 53.9 Å². The van der Waals surface area contributed by atoms with Gasteiger partial charge in [0.25, 0.3) is 0 Å². The Hall–Kier alpha value is -5.05. The molecule has 0 bridgehead atoms. The van der Waals surface area contributed by atoms with Gasteiger partial charge in [-0.15, -0.1) is 17.2 Å².